The Hall–Kier alpha value is -0.610. The molecule has 2 atom stereocenters. The monoisotopic (exact) mass is 254 g/mol. The molecule has 1 saturated heterocycles. The smallest absolute Gasteiger partial charge is 0.222 e. The number of carbonyl (C=O) groups is 1. The lowest BCUT2D eigenvalue weighted by Crippen LogP contribution is -2.40. The van der Waals surface area contributed by atoms with Crippen LogP contribution in [-0.2, 0) is 4.79 Å². The first-order valence-corrected chi connectivity index (χ1v) is 7.33. The molecule has 0 aromatic carbocycles. The van der Waals surface area contributed by atoms with Crippen LogP contribution in [0, 0.1) is 11.8 Å². The van der Waals surface area contributed by atoms with Crippen LogP contribution in [0.2, 0.25) is 0 Å². The lowest BCUT2D eigenvalue weighted by atomic mass is 9.83. The van der Waals surface area contributed by atoms with Gasteiger partial charge >= 0.3 is 0 Å². The van der Waals surface area contributed by atoms with Crippen LogP contribution < -0.4 is 5.73 Å². The summed E-state index contributed by atoms with van der Waals surface area (Å²) >= 11 is 0. The third-order valence-electron chi connectivity index (χ3n) is 4.51. The number of nitrogens with two attached hydrogens (primary N) is 1. The molecule has 0 bridgehead atoms. The second kappa shape index (κ2) is 6.53. The van der Waals surface area contributed by atoms with Gasteiger partial charge in [0.1, 0.15) is 0 Å². The molecule has 0 spiro atoms. The van der Waals surface area contributed by atoms with E-state index in [1.807, 2.05) is 4.90 Å². The van der Waals surface area contributed by atoms with Crippen molar-refractivity contribution < 1.29 is 9.90 Å². The van der Waals surface area contributed by atoms with Crippen molar-refractivity contribution in [2.45, 2.75) is 51.0 Å². The highest BCUT2D eigenvalue weighted by molar-refractivity contribution is 5.76. The van der Waals surface area contributed by atoms with E-state index in [9.17, 15) is 4.79 Å². The molecule has 1 heterocycles. The van der Waals surface area contributed by atoms with Crippen molar-refractivity contribution in [1.82, 2.24) is 4.90 Å². The Morgan fingerprint density at radius 1 is 1.17 bits per heavy atom. The second-order valence-corrected chi connectivity index (χ2v) is 6.00. The van der Waals surface area contributed by atoms with Gasteiger partial charge in [-0.25, -0.2) is 0 Å². The van der Waals surface area contributed by atoms with Crippen LogP contribution in [0.25, 0.3) is 0 Å². The van der Waals surface area contributed by atoms with Crippen LogP contribution in [0.4, 0.5) is 0 Å². The standard InChI is InChI=1S/C14H26N2O2/c15-13-3-1-2-12(8-13)9-14(18)16-6-4-11(10-17)5-7-16/h11-13,17H,1-10,15H2. The summed E-state index contributed by atoms with van der Waals surface area (Å²) in [6, 6.07) is 0.302. The van der Waals surface area contributed by atoms with E-state index in [-0.39, 0.29) is 6.61 Å². The molecule has 2 unspecified atom stereocenters. The van der Waals surface area contributed by atoms with Crippen molar-refractivity contribution >= 4 is 5.91 Å². The van der Waals surface area contributed by atoms with Gasteiger partial charge in [0, 0.05) is 32.2 Å². The summed E-state index contributed by atoms with van der Waals surface area (Å²) in [5, 5.41) is 9.09. The number of hydrogen-bond donors (Lipinski definition) is 2. The van der Waals surface area contributed by atoms with Crippen LogP contribution in [0.15, 0.2) is 0 Å². The summed E-state index contributed by atoms with van der Waals surface area (Å²) in [6.07, 6.45) is 7.04. The molecule has 2 rings (SSSR count). The largest absolute Gasteiger partial charge is 0.396 e. The summed E-state index contributed by atoms with van der Waals surface area (Å²) < 4.78 is 0. The third-order valence-corrected chi connectivity index (χ3v) is 4.51. The molecule has 104 valence electrons. The van der Waals surface area contributed by atoms with E-state index in [0.29, 0.717) is 30.2 Å². The van der Waals surface area contributed by atoms with Gasteiger partial charge in [-0.15, -0.1) is 0 Å². The highest BCUT2D eigenvalue weighted by Crippen LogP contribution is 2.27. The van der Waals surface area contributed by atoms with Crippen molar-refractivity contribution in [1.29, 1.82) is 0 Å². The van der Waals surface area contributed by atoms with Gasteiger partial charge in [-0.05, 0) is 43.9 Å². The maximum absolute atomic E-state index is 12.2. The van der Waals surface area contributed by atoms with E-state index in [2.05, 4.69) is 0 Å². The van der Waals surface area contributed by atoms with Crippen molar-refractivity contribution in [3.05, 3.63) is 0 Å². The highest BCUT2D eigenvalue weighted by atomic mass is 16.3. The molecule has 4 heteroatoms. The van der Waals surface area contributed by atoms with E-state index >= 15 is 0 Å². The third kappa shape index (κ3) is 3.69. The van der Waals surface area contributed by atoms with Crippen LogP contribution in [0.3, 0.4) is 0 Å². The first-order chi connectivity index (χ1) is 8.69. The lowest BCUT2D eigenvalue weighted by molar-refractivity contribution is -0.134. The molecule has 4 nitrogen and oxygen atoms in total. The fourth-order valence-corrected chi connectivity index (χ4v) is 3.26. The second-order valence-electron chi connectivity index (χ2n) is 6.00. The van der Waals surface area contributed by atoms with Crippen molar-refractivity contribution in [3.8, 4) is 0 Å². The highest BCUT2D eigenvalue weighted by Gasteiger charge is 2.26. The predicted molar refractivity (Wildman–Crippen MR) is 70.9 cm³/mol. The van der Waals surface area contributed by atoms with Gasteiger partial charge in [0.15, 0.2) is 0 Å². The Balaban J connectivity index is 1.74. The molecule has 1 aliphatic carbocycles. The minimum atomic E-state index is 0.263. The van der Waals surface area contributed by atoms with Crippen LogP contribution in [0.5, 0.6) is 0 Å². The van der Waals surface area contributed by atoms with Gasteiger partial charge in [-0.3, -0.25) is 4.79 Å². The first kappa shape index (κ1) is 13.8. The van der Waals surface area contributed by atoms with Gasteiger partial charge < -0.3 is 15.7 Å². The zero-order chi connectivity index (χ0) is 13.0. The summed E-state index contributed by atoms with van der Waals surface area (Å²) in [5.41, 5.74) is 5.96. The van der Waals surface area contributed by atoms with Crippen LogP contribution in [-0.4, -0.2) is 41.7 Å². The minimum Gasteiger partial charge on any atom is -0.396 e. The summed E-state index contributed by atoms with van der Waals surface area (Å²) in [6.45, 7) is 1.91. The quantitative estimate of drug-likeness (QED) is 0.793. The van der Waals surface area contributed by atoms with Gasteiger partial charge in [0.2, 0.25) is 5.91 Å². The molecule has 1 saturated carbocycles. The van der Waals surface area contributed by atoms with E-state index in [1.165, 1.54) is 6.42 Å². The average Bonchev–Trinajstić information content (AvgIpc) is 2.39. The van der Waals surface area contributed by atoms with Gasteiger partial charge in [0.05, 0.1) is 0 Å². The van der Waals surface area contributed by atoms with Crippen molar-refractivity contribution in [2.24, 2.45) is 17.6 Å². The predicted octanol–water partition coefficient (Wildman–Crippen LogP) is 1.12. The number of aliphatic hydroxyl groups is 1. The lowest BCUT2D eigenvalue weighted by Gasteiger charge is -2.33. The number of amides is 1. The summed E-state index contributed by atoms with van der Waals surface area (Å²) in [7, 11) is 0. The summed E-state index contributed by atoms with van der Waals surface area (Å²) in [5.74, 6) is 1.19. The zero-order valence-corrected chi connectivity index (χ0v) is 11.2. The van der Waals surface area contributed by atoms with Crippen molar-refractivity contribution in [3.63, 3.8) is 0 Å². The molecule has 0 radical (unpaired) electrons. The normalized spacial score (nSPS) is 30.4. The fourth-order valence-electron chi connectivity index (χ4n) is 3.26. The average molecular weight is 254 g/mol. The number of nitrogens with zero attached hydrogens (tertiary/aromatic N) is 1. The molecule has 0 aromatic rings. The molecule has 18 heavy (non-hydrogen) atoms. The van der Waals surface area contributed by atoms with Crippen LogP contribution >= 0.6 is 0 Å². The molecule has 2 aliphatic rings. The van der Waals surface area contributed by atoms with Crippen molar-refractivity contribution in [2.75, 3.05) is 19.7 Å². The number of piperidine rings is 1. The minimum absolute atomic E-state index is 0.263. The topological polar surface area (TPSA) is 66.6 Å². The molecule has 1 amide bonds. The van der Waals surface area contributed by atoms with Gasteiger partial charge in [-0.2, -0.15) is 0 Å². The van der Waals surface area contributed by atoms with Gasteiger partial charge in [-0.1, -0.05) is 6.42 Å². The molecule has 0 aromatic heterocycles. The first-order valence-electron chi connectivity index (χ1n) is 7.33. The SMILES string of the molecule is NC1CCCC(CC(=O)N2CCC(CO)CC2)C1. The summed E-state index contributed by atoms with van der Waals surface area (Å²) in [4.78, 5) is 14.2. The Morgan fingerprint density at radius 2 is 1.89 bits per heavy atom. The molecule has 1 aliphatic heterocycles. The number of likely N-dealkylation sites (tertiary alicyclic amines) is 1. The number of rotatable bonds is 3. The molecule has 2 fully saturated rings. The van der Waals surface area contributed by atoms with E-state index in [0.717, 1.165) is 45.2 Å². The Morgan fingerprint density at radius 3 is 2.50 bits per heavy atom. The fraction of sp³-hybridized carbons (Fsp3) is 0.929. The Labute approximate surface area is 110 Å². The number of hydrogen-bond acceptors (Lipinski definition) is 3. The maximum Gasteiger partial charge on any atom is 0.222 e. The molecular formula is C14H26N2O2. The van der Waals surface area contributed by atoms with Gasteiger partial charge in [0.25, 0.3) is 0 Å². The molecule has 3 N–H and O–H groups in total. The van der Waals surface area contributed by atoms with E-state index < -0.39 is 0 Å². The van der Waals surface area contributed by atoms with E-state index in [4.69, 9.17) is 10.8 Å². The number of aliphatic hydroxyl groups excluding tert-OH is 1. The van der Waals surface area contributed by atoms with E-state index in [1.54, 1.807) is 0 Å². The maximum atomic E-state index is 12.2. The van der Waals surface area contributed by atoms with Crippen LogP contribution in [0.1, 0.15) is 44.9 Å². The Kier molecular flexibility index (Phi) is 5.01. The Bertz CT molecular complexity index is 275. The molecular weight excluding hydrogens is 228 g/mol. The number of carbonyl (C=O) groups excluding carboxylic acids is 1. The zero-order valence-electron chi connectivity index (χ0n) is 11.2.